The van der Waals surface area contributed by atoms with Crippen LogP contribution < -0.4 is 15.8 Å². The van der Waals surface area contributed by atoms with Crippen LogP contribution in [0, 0.1) is 6.92 Å². The Morgan fingerprint density at radius 3 is 2.79 bits per heavy atom. The summed E-state index contributed by atoms with van der Waals surface area (Å²) in [7, 11) is 0. The van der Waals surface area contributed by atoms with Crippen LogP contribution >= 0.6 is 0 Å². The molecule has 0 aromatic carbocycles. The van der Waals surface area contributed by atoms with Gasteiger partial charge < -0.3 is 10.5 Å². The molecule has 14 heavy (non-hydrogen) atoms. The molecule has 0 aliphatic carbocycles. The van der Waals surface area contributed by atoms with Crippen molar-refractivity contribution in [3.63, 3.8) is 0 Å². The Morgan fingerprint density at radius 1 is 1.50 bits per heavy atom. The van der Waals surface area contributed by atoms with Crippen LogP contribution in [0.5, 0.6) is 6.01 Å². The van der Waals surface area contributed by atoms with Crippen LogP contribution in [-0.2, 0) is 0 Å². The predicted octanol–water partition coefficient (Wildman–Crippen LogP) is 0.0693. The van der Waals surface area contributed by atoms with Gasteiger partial charge in [-0.3, -0.25) is 5.32 Å². The van der Waals surface area contributed by atoms with Crippen LogP contribution in [0.4, 0.5) is 10.7 Å². The van der Waals surface area contributed by atoms with Crippen LogP contribution in [0.25, 0.3) is 0 Å². The van der Waals surface area contributed by atoms with Gasteiger partial charge in [-0.05, 0) is 13.8 Å². The summed E-state index contributed by atoms with van der Waals surface area (Å²) in [4.78, 5) is 22.1. The van der Waals surface area contributed by atoms with Crippen LogP contribution in [-0.4, -0.2) is 27.6 Å². The quantitative estimate of drug-likeness (QED) is 0.713. The fraction of sp³-hybridized carbons (Fsp3) is 0.429. The summed E-state index contributed by atoms with van der Waals surface area (Å²) in [6.07, 6.45) is 0. The molecule has 0 saturated heterocycles. The molecule has 76 valence electrons. The number of carbonyl (C=O) groups excluding carboxylic acids is 1. The number of urea groups is 1. The topological polar surface area (TPSA) is 103 Å². The third kappa shape index (κ3) is 2.85. The van der Waals surface area contributed by atoms with Gasteiger partial charge in [0, 0.05) is 0 Å². The lowest BCUT2D eigenvalue weighted by atomic mass is 10.7. The van der Waals surface area contributed by atoms with Crippen LogP contribution in [0.15, 0.2) is 0 Å². The van der Waals surface area contributed by atoms with E-state index in [1.807, 2.05) is 0 Å². The van der Waals surface area contributed by atoms with Gasteiger partial charge in [-0.15, -0.1) is 0 Å². The zero-order valence-corrected chi connectivity index (χ0v) is 7.94. The number of rotatable bonds is 3. The Balaban J connectivity index is 2.88. The SMILES string of the molecule is CCOc1nc(C)nc(NC(N)=O)n1. The Labute approximate surface area is 80.7 Å². The summed E-state index contributed by atoms with van der Waals surface area (Å²) in [5.74, 6) is 0.542. The molecule has 0 spiro atoms. The maximum absolute atomic E-state index is 10.5. The van der Waals surface area contributed by atoms with Crippen molar-refractivity contribution in [1.29, 1.82) is 0 Å². The number of ether oxygens (including phenoxy) is 1. The number of amides is 2. The zero-order valence-electron chi connectivity index (χ0n) is 7.94. The van der Waals surface area contributed by atoms with Gasteiger partial charge in [0.2, 0.25) is 5.95 Å². The second-order valence-electron chi connectivity index (χ2n) is 2.41. The summed E-state index contributed by atoms with van der Waals surface area (Å²) in [6.45, 7) is 3.91. The monoisotopic (exact) mass is 197 g/mol. The molecule has 0 fully saturated rings. The smallest absolute Gasteiger partial charge is 0.321 e. The molecule has 1 rings (SSSR count). The predicted molar refractivity (Wildman–Crippen MR) is 48.9 cm³/mol. The molecular weight excluding hydrogens is 186 g/mol. The third-order valence-corrected chi connectivity index (χ3v) is 1.24. The van der Waals surface area contributed by atoms with Crippen LogP contribution in [0.3, 0.4) is 0 Å². The molecule has 7 heteroatoms. The fourth-order valence-corrected chi connectivity index (χ4v) is 0.817. The number of aryl methyl sites for hydroxylation is 1. The first-order chi connectivity index (χ1) is 6.61. The molecule has 3 N–H and O–H groups in total. The highest BCUT2D eigenvalue weighted by molar-refractivity contribution is 5.85. The maximum Gasteiger partial charge on any atom is 0.321 e. The number of anilines is 1. The van der Waals surface area contributed by atoms with Gasteiger partial charge in [0.05, 0.1) is 6.61 Å². The summed E-state index contributed by atoms with van der Waals surface area (Å²) >= 11 is 0. The van der Waals surface area contributed by atoms with Gasteiger partial charge in [-0.1, -0.05) is 0 Å². The van der Waals surface area contributed by atoms with E-state index in [1.165, 1.54) is 0 Å². The standard InChI is InChI=1S/C7H11N5O2/c1-3-14-7-10-4(2)9-6(12-7)11-5(8)13/h3H2,1-2H3,(H3,8,9,10,11,12,13). The van der Waals surface area contributed by atoms with Crippen LogP contribution in [0.2, 0.25) is 0 Å². The van der Waals surface area contributed by atoms with E-state index in [1.54, 1.807) is 13.8 Å². The Morgan fingerprint density at radius 2 is 2.21 bits per heavy atom. The zero-order chi connectivity index (χ0) is 10.6. The van der Waals surface area contributed by atoms with Crippen LogP contribution in [0.1, 0.15) is 12.7 Å². The molecule has 7 nitrogen and oxygen atoms in total. The Bertz CT molecular complexity index is 341. The number of nitrogens with zero attached hydrogens (tertiary/aromatic N) is 3. The lowest BCUT2D eigenvalue weighted by molar-refractivity contribution is 0.259. The van der Waals surface area contributed by atoms with E-state index in [0.717, 1.165) is 0 Å². The minimum absolute atomic E-state index is 0.0912. The molecule has 0 atom stereocenters. The van der Waals surface area contributed by atoms with Crippen molar-refractivity contribution in [3.05, 3.63) is 5.82 Å². The van der Waals surface area contributed by atoms with Crippen molar-refractivity contribution in [1.82, 2.24) is 15.0 Å². The number of nitrogens with one attached hydrogen (secondary N) is 1. The number of hydrogen-bond donors (Lipinski definition) is 2. The van der Waals surface area contributed by atoms with E-state index in [9.17, 15) is 4.79 Å². The summed E-state index contributed by atoms with van der Waals surface area (Å²) in [6, 6.07) is -0.554. The molecule has 0 unspecified atom stereocenters. The minimum Gasteiger partial charge on any atom is -0.464 e. The summed E-state index contributed by atoms with van der Waals surface area (Å²) in [5, 5.41) is 2.24. The molecular formula is C7H11N5O2. The lowest BCUT2D eigenvalue weighted by Crippen LogP contribution is -2.21. The minimum atomic E-state index is -0.724. The van der Waals surface area contributed by atoms with Crippen molar-refractivity contribution in [3.8, 4) is 6.01 Å². The van der Waals surface area contributed by atoms with Gasteiger partial charge >= 0.3 is 12.0 Å². The molecule has 0 bridgehead atoms. The average molecular weight is 197 g/mol. The molecule has 1 aromatic rings. The number of primary amides is 1. The van der Waals surface area contributed by atoms with Gasteiger partial charge in [0.15, 0.2) is 0 Å². The fourth-order valence-electron chi connectivity index (χ4n) is 0.817. The van der Waals surface area contributed by atoms with E-state index < -0.39 is 6.03 Å². The van der Waals surface area contributed by atoms with Crippen molar-refractivity contribution in [2.24, 2.45) is 5.73 Å². The Kier molecular flexibility index (Phi) is 3.16. The highest BCUT2D eigenvalue weighted by Crippen LogP contribution is 2.06. The lowest BCUT2D eigenvalue weighted by Gasteiger charge is -2.04. The first kappa shape index (κ1) is 10.2. The first-order valence-electron chi connectivity index (χ1n) is 4.03. The molecule has 2 amide bonds. The van der Waals surface area contributed by atoms with E-state index in [0.29, 0.717) is 12.4 Å². The average Bonchev–Trinajstić information content (AvgIpc) is 2.01. The van der Waals surface area contributed by atoms with Crippen molar-refractivity contribution in [2.45, 2.75) is 13.8 Å². The summed E-state index contributed by atoms with van der Waals surface area (Å²) < 4.78 is 5.05. The Hall–Kier alpha value is -1.92. The normalized spacial score (nSPS) is 9.57. The molecule has 1 aromatic heterocycles. The summed E-state index contributed by atoms with van der Waals surface area (Å²) in [5.41, 5.74) is 4.91. The number of hydrogen-bond acceptors (Lipinski definition) is 5. The molecule has 0 aliphatic rings. The van der Waals surface area contributed by atoms with Crippen molar-refractivity contribution < 1.29 is 9.53 Å². The third-order valence-electron chi connectivity index (χ3n) is 1.24. The second-order valence-corrected chi connectivity index (χ2v) is 2.41. The van der Waals surface area contributed by atoms with Gasteiger partial charge in [-0.25, -0.2) is 4.79 Å². The number of carbonyl (C=O) groups is 1. The maximum atomic E-state index is 10.5. The van der Waals surface area contributed by atoms with E-state index in [4.69, 9.17) is 10.5 Å². The molecule has 0 saturated carbocycles. The molecule has 1 heterocycles. The molecule has 0 radical (unpaired) electrons. The number of aromatic nitrogens is 3. The molecule has 0 aliphatic heterocycles. The van der Waals surface area contributed by atoms with Crippen molar-refractivity contribution >= 4 is 12.0 Å². The van der Waals surface area contributed by atoms with Gasteiger partial charge in [0.1, 0.15) is 5.82 Å². The largest absolute Gasteiger partial charge is 0.464 e. The first-order valence-corrected chi connectivity index (χ1v) is 4.03. The number of nitrogens with two attached hydrogens (primary N) is 1. The highest BCUT2D eigenvalue weighted by Gasteiger charge is 2.05. The van der Waals surface area contributed by atoms with E-state index in [-0.39, 0.29) is 12.0 Å². The van der Waals surface area contributed by atoms with Crippen molar-refractivity contribution in [2.75, 3.05) is 11.9 Å². The van der Waals surface area contributed by atoms with E-state index in [2.05, 4.69) is 20.3 Å². The second kappa shape index (κ2) is 4.35. The van der Waals surface area contributed by atoms with Gasteiger partial charge in [0.25, 0.3) is 0 Å². The highest BCUT2D eigenvalue weighted by atomic mass is 16.5. The van der Waals surface area contributed by atoms with E-state index >= 15 is 0 Å². The van der Waals surface area contributed by atoms with Gasteiger partial charge in [-0.2, -0.15) is 15.0 Å².